The van der Waals surface area contributed by atoms with Crippen LogP contribution in [-0.4, -0.2) is 35.6 Å². The molecule has 0 bridgehead atoms. The number of aromatic nitrogens is 2. The molecule has 7 nitrogen and oxygen atoms in total. The smallest absolute Gasteiger partial charge is 0.410 e. The lowest BCUT2D eigenvalue weighted by molar-refractivity contribution is -0.509. The van der Waals surface area contributed by atoms with E-state index in [4.69, 9.17) is 4.74 Å². The van der Waals surface area contributed by atoms with Crippen molar-refractivity contribution in [2.75, 3.05) is 19.4 Å². The molecule has 3 rings (SSSR count). The van der Waals surface area contributed by atoms with Crippen molar-refractivity contribution in [1.29, 1.82) is 0 Å². The van der Waals surface area contributed by atoms with Crippen molar-refractivity contribution in [2.45, 2.75) is 6.92 Å². The normalized spacial score (nSPS) is 10.6. The number of aryl methyl sites for hydroxylation is 1. The molecule has 0 atom stereocenters. The van der Waals surface area contributed by atoms with Gasteiger partial charge in [-0.05, 0) is 18.2 Å². The largest absolute Gasteiger partial charge is 0.414 e. The summed E-state index contributed by atoms with van der Waals surface area (Å²) >= 11 is 0. The number of pyridine rings is 1. The van der Waals surface area contributed by atoms with Crippen LogP contribution in [-0.2, 0) is 11.8 Å². The standard InChI is InChI=1S/C19H20N4O3/c1-13(24)20-15-8-9-18-22(4)17(12-23(18)11-15)14-6-5-7-16(10-14)26-19(25)21(2)3/h5-12H,1-4H3/p+1. The highest BCUT2D eigenvalue weighted by Gasteiger charge is 2.17. The van der Waals surface area contributed by atoms with E-state index >= 15 is 0 Å². The number of fused-ring (bicyclic) bond motifs is 1. The van der Waals surface area contributed by atoms with E-state index in [1.807, 2.05) is 58.7 Å². The number of amides is 2. The third kappa shape index (κ3) is 3.51. The Morgan fingerprint density at radius 2 is 1.92 bits per heavy atom. The summed E-state index contributed by atoms with van der Waals surface area (Å²) in [5.74, 6) is 0.368. The number of benzene rings is 1. The first-order valence-corrected chi connectivity index (χ1v) is 8.13. The maximum atomic E-state index is 11.8. The monoisotopic (exact) mass is 353 g/mol. The fourth-order valence-electron chi connectivity index (χ4n) is 2.70. The molecule has 0 aliphatic rings. The van der Waals surface area contributed by atoms with Gasteiger partial charge in [-0.1, -0.05) is 12.1 Å². The van der Waals surface area contributed by atoms with E-state index in [0.717, 1.165) is 22.6 Å². The predicted molar refractivity (Wildman–Crippen MR) is 98.0 cm³/mol. The van der Waals surface area contributed by atoms with Crippen LogP contribution in [0.25, 0.3) is 16.9 Å². The number of carbonyl (C=O) groups is 2. The molecular weight excluding hydrogens is 332 g/mol. The molecular formula is C19H21N4O3+. The van der Waals surface area contributed by atoms with Crippen LogP contribution < -0.4 is 14.5 Å². The average molecular weight is 353 g/mol. The van der Waals surface area contributed by atoms with Gasteiger partial charge in [-0.15, -0.1) is 0 Å². The van der Waals surface area contributed by atoms with E-state index in [-0.39, 0.29) is 5.91 Å². The summed E-state index contributed by atoms with van der Waals surface area (Å²) in [5.41, 5.74) is 3.56. The summed E-state index contributed by atoms with van der Waals surface area (Å²) < 4.78 is 9.31. The fourth-order valence-corrected chi connectivity index (χ4v) is 2.70. The number of anilines is 1. The Hall–Kier alpha value is -3.35. The van der Waals surface area contributed by atoms with Crippen molar-refractivity contribution in [2.24, 2.45) is 7.05 Å². The van der Waals surface area contributed by atoms with Gasteiger partial charge in [-0.25, -0.2) is 13.8 Å². The molecule has 0 saturated heterocycles. The summed E-state index contributed by atoms with van der Waals surface area (Å²) in [4.78, 5) is 24.4. The molecule has 0 fully saturated rings. The molecule has 0 aliphatic carbocycles. The first-order chi connectivity index (χ1) is 12.3. The third-order valence-electron chi connectivity index (χ3n) is 3.94. The first kappa shape index (κ1) is 17.5. The van der Waals surface area contributed by atoms with Crippen molar-refractivity contribution in [3.63, 3.8) is 0 Å². The molecule has 0 radical (unpaired) electrons. The Morgan fingerprint density at radius 1 is 1.15 bits per heavy atom. The van der Waals surface area contributed by atoms with Crippen molar-refractivity contribution in [1.82, 2.24) is 9.47 Å². The van der Waals surface area contributed by atoms with Crippen molar-refractivity contribution >= 4 is 23.3 Å². The molecule has 2 heterocycles. The summed E-state index contributed by atoms with van der Waals surface area (Å²) in [6, 6.07) is 11.2. The van der Waals surface area contributed by atoms with Gasteiger partial charge in [0, 0.05) is 32.6 Å². The fraction of sp³-hybridized carbons (Fsp3) is 0.211. The second kappa shape index (κ2) is 6.87. The summed E-state index contributed by atoms with van der Waals surface area (Å²) in [6.07, 6.45) is 3.40. The SMILES string of the molecule is CC(=O)Nc1ccc2n(C)c(-c3cccc(OC(=O)N(C)C)c3)c[n+]2c1. The molecule has 3 aromatic rings. The average Bonchev–Trinajstić information content (AvgIpc) is 2.91. The van der Waals surface area contributed by atoms with Gasteiger partial charge in [0.1, 0.15) is 18.1 Å². The van der Waals surface area contributed by atoms with E-state index in [2.05, 4.69) is 5.32 Å². The van der Waals surface area contributed by atoms with Crippen LogP contribution in [0.1, 0.15) is 6.92 Å². The van der Waals surface area contributed by atoms with Gasteiger partial charge in [0.25, 0.3) is 5.65 Å². The molecule has 26 heavy (non-hydrogen) atoms. The van der Waals surface area contributed by atoms with E-state index in [1.54, 1.807) is 20.2 Å². The molecule has 2 amide bonds. The Bertz CT molecular complexity index is 992. The van der Waals surface area contributed by atoms with Gasteiger partial charge in [0.15, 0.2) is 5.69 Å². The highest BCUT2D eigenvalue weighted by Crippen LogP contribution is 2.24. The highest BCUT2D eigenvalue weighted by atomic mass is 16.6. The van der Waals surface area contributed by atoms with Crippen molar-refractivity contribution < 1.29 is 18.7 Å². The maximum absolute atomic E-state index is 11.8. The van der Waals surface area contributed by atoms with Crippen LogP contribution in [0.2, 0.25) is 0 Å². The van der Waals surface area contributed by atoms with Crippen molar-refractivity contribution in [3.8, 4) is 17.0 Å². The Balaban J connectivity index is 1.98. The van der Waals surface area contributed by atoms with E-state index < -0.39 is 6.09 Å². The molecule has 2 aromatic heterocycles. The van der Waals surface area contributed by atoms with Crippen LogP contribution in [0.3, 0.4) is 0 Å². The second-order valence-electron chi connectivity index (χ2n) is 6.23. The van der Waals surface area contributed by atoms with Gasteiger partial charge in [-0.2, -0.15) is 0 Å². The maximum Gasteiger partial charge on any atom is 0.414 e. The number of imidazole rings is 1. The number of rotatable bonds is 3. The molecule has 1 N–H and O–H groups in total. The number of hydrogen-bond donors (Lipinski definition) is 1. The molecule has 0 unspecified atom stereocenters. The van der Waals surface area contributed by atoms with Crippen molar-refractivity contribution in [3.05, 3.63) is 48.8 Å². The first-order valence-electron chi connectivity index (χ1n) is 8.13. The highest BCUT2D eigenvalue weighted by molar-refractivity contribution is 5.88. The Labute approximate surface area is 151 Å². The molecule has 134 valence electrons. The predicted octanol–water partition coefficient (Wildman–Crippen LogP) is 2.45. The topological polar surface area (TPSA) is 67.7 Å². The molecule has 0 aliphatic heterocycles. The Morgan fingerprint density at radius 3 is 2.62 bits per heavy atom. The molecule has 1 aromatic carbocycles. The summed E-state index contributed by atoms with van der Waals surface area (Å²) in [5, 5.41) is 2.78. The molecule has 0 saturated carbocycles. The zero-order valence-electron chi connectivity index (χ0n) is 15.2. The summed E-state index contributed by atoms with van der Waals surface area (Å²) in [7, 11) is 5.24. The lowest BCUT2D eigenvalue weighted by Gasteiger charge is -2.10. The van der Waals surface area contributed by atoms with Crippen LogP contribution >= 0.6 is 0 Å². The number of nitrogens with one attached hydrogen (secondary N) is 1. The quantitative estimate of drug-likeness (QED) is 0.736. The van der Waals surface area contributed by atoms with Crippen LogP contribution in [0.5, 0.6) is 5.75 Å². The Kier molecular flexibility index (Phi) is 4.62. The molecule has 0 spiro atoms. The van der Waals surface area contributed by atoms with Crippen LogP contribution in [0, 0.1) is 0 Å². The minimum atomic E-state index is -0.423. The summed E-state index contributed by atoms with van der Waals surface area (Å²) in [6.45, 7) is 1.48. The zero-order valence-corrected chi connectivity index (χ0v) is 15.2. The van der Waals surface area contributed by atoms with Crippen LogP contribution in [0.15, 0.2) is 48.8 Å². The van der Waals surface area contributed by atoms with Gasteiger partial charge in [0.2, 0.25) is 5.91 Å². The van der Waals surface area contributed by atoms with E-state index in [1.165, 1.54) is 11.8 Å². The van der Waals surface area contributed by atoms with E-state index in [9.17, 15) is 9.59 Å². The second-order valence-corrected chi connectivity index (χ2v) is 6.23. The minimum Gasteiger partial charge on any atom is -0.410 e. The zero-order chi connectivity index (χ0) is 18.8. The van der Waals surface area contributed by atoms with Crippen LogP contribution in [0.4, 0.5) is 10.5 Å². The van der Waals surface area contributed by atoms with Gasteiger partial charge >= 0.3 is 6.09 Å². The lowest BCUT2D eigenvalue weighted by atomic mass is 10.1. The van der Waals surface area contributed by atoms with Gasteiger partial charge < -0.3 is 15.0 Å². The number of ether oxygens (including phenoxy) is 1. The lowest BCUT2D eigenvalue weighted by Crippen LogP contribution is -2.25. The minimum absolute atomic E-state index is 0.114. The number of hydrogen-bond acceptors (Lipinski definition) is 3. The van der Waals surface area contributed by atoms with E-state index in [0.29, 0.717) is 5.75 Å². The van der Waals surface area contributed by atoms with Gasteiger partial charge in [-0.3, -0.25) is 4.79 Å². The number of carbonyl (C=O) groups excluding carboxylic acids is 2. The molecule has 7 heteroatoms. The van der Waals surface area contributed by atoms with Gasteiger partial charge in [0.05, 0.1) is 12.7 Å². The third-order valence-corrected chi connectivity index (χ3v) is 3.94. The number of nitrogens with zero attached hydrogens (tertiary/aromatic N) is 3.